The summed E-state index contributed by atoms with van der Waals surface area (Å²) in [7, 11) is 0. The summed E-state index contributed by atoms with van der Waals surface area (Å²) in [5, 5.41) is 9.34. The van der Waals surface area contributed by atoms with Crippen molar-refractivity contribution in [3.8, 4) is 5.75 Å². The second kappa shape index (κ2) is 6.20. The molecule has 2 aliphatic rings. The van der Waals surface area contributed by atoms with Gasteiger partial charge in [0.15, 0.2) is 0 Å². The molecule has 112 valence electrons. The number of amides is 1. The van der Waals surface area contributed by atoms with E-state index in [1.165, 1.54) is 0 Å². The van der Waals surface area contributed by atoms with E-state index in [9.17, 15) is 9.90 Å². The summed E-state index contributed by atoms with van der Waals surface area (Å²) in [4.78, 5) is 16.8. The predicted octanol–water partition coefficient (Wildman–Crippen LogP) is 2.40. The highest BCUT2D eigenvalue weighted by Gasteiger charge is 2.27. The highest BCUT2D eigenvalue weighted by atomic mass is 16.3. The Morgan fingerprint density at radius 3 is 2.38 bits per heavy atom. The summed E-state index contributed by atoms with van der Waals surface area (Å²) in [6.45, 7) is 3.30. The van der Waals surface area contributed by atoms with Gasteiger partial charge in [-0.3, -0.25) is 4.79 Å². The molecule has 0 bridgehead atoms. The standard InChI is InChI=1S/C17H22N2O2/c20-16-8-6-15(7-9-16)18-10-12-19(13-11-18)17(21)14-4-2-1-3-5-14/h1-2,6-9,14,20H,3-5,10-13H2. The summed E-state index contributed by atoms with van der Waals surface area (Å²) in [6.07, 6.45) is 7.24. The van der Waals surface area contributed by atoms with E-state index < -0.39 is 0 Å². The Balaban J connectivity index is 1.56. The van der Waals surface area contributed by atoms with Crippen LogP contribution in [0.2, 0.25) is 0 Å². The number of hydrogen-bond acceptors (Lipinski definition) is 3. The van der Waals surface area contributed by atoms with Gasteiger partial charge in [-0.15, -0.1) is 0 Å². The molecule has 1 aromatic rings. The van der Waals surface area contributed by atoms with Gasteiger partial charge in [0, 0.05) is 37.8 Å². The number of aromatic hydroxyl groups is 1. The topological polar surface area (TPSA) is 43.8 Å². The van der Waals surface area contributed by atoms with Gasteiger partial charge in [-0.1, -0.05) is 12.2 Å². The molecule has 1 aliphatic carbocycles. The summed E-state index contributed by atoms with van der Waals surface area (Å²) in [5.41, 5.74) is 1.11. The van der Waals surface area contributed by atoms with Gasteiger partial charge in [-0.2, -0.15) is 0 Å². The van der Waals surface area contributed by atoms with Gasteiger partial charge in [0.05, 0.1) is 0 Å². The number of rotatable bonds is 2. The largest absolute Gasteiger partial charge is 0.508 e. The number of phenols is 1. The van der Waals surface area contributed by atoms with E-state index in [0.717, 1.165) is 51.1 Å². The molecule has 4 nitrogen and oxygen atoms in total. The van der Waals surface area contributed by atoms with E-state index in [1.807, 2.05) is 17.0 Å². The molecule has 3 rings (SSSR count). The van der Waals surface area contributed by atoms with Crippen LogP contribution in [-0.2, 0) is 4.79 Å². The van der Waals surface area contributed by atoms with Gasteiger partial charge >= 0.3 is 0 Å². The first-order valence-electron chi connectivity index (χ1n) is 7.72. The molecular weight excluding hydrogens is 264 g/mol. The van der Waals surface area contributed by atoms with E-state index in [-0.39, 0.29) is 11.7 Å². The maximum Gasteiger partial charge on any atom is 0.226 e. The molecule has 21 heavy (non-hydrogen) atoms. The number of piperazine rings is 1. The zero-order chi connectivity index (χ0) is 14.7. The van der Waals surface area contributed by atoms with Crippen LogP contribution in [0.1, 0.15) is 19.3 Å². The quantitative estimate of drug-likeness (QED) is 0.849. The number of benzene rings is 1. The maximum atomic E-state index is 12.5. The van der Waals surface area contributed by atoms with Crippen molar-refractivity contribution in [2.45, 2.75) is 19.3 Å². The third kappa shape index (κ3) is 3.20. The minimum absolute atomic E-state index is 0.190. The molecule has 1 aliphatic heterocycles. The third-order valence-electron chi connectivity index (χ3n) is 4.42. The van der Waals surface area contributed by atoms with Gasteiger partial charge in [0.25, 0.3) is 0 Å². The Morgan fingerprint density at radius 2 is 1.76 bits per heavy atom. The fourth-order valence-electron chi connectivity index (χ4n) is 3.12. The molecular formula is C17H22N2O2. The van der Waals surface area contributed by atoms with Crippen LogP contribution in [0.5, 0.6) is 5.75 Å². The fourth-order valence-corrected chi connectivity index (χ4v) is 3.12. The predicted molar refractivity (Wildman–Crippen MR) is 83.4 cm³/mol. The molecule has 1 N–H and O–H groups in total. The minimum Gasteiger partial charge on any atom is -0.508 e. The molecule has 1 heterocycles. The second-order valence-electron chi connectivity index (χ2n) is 5.81. The van der Waals surface area contributed by atoms with Crippen LogP contribution in [0, 0.1) is 5.92 Å². The molecule has 1 unspecified atom stereocenters. The van der Waals surface area contributed by atoms with Crippen LogP contribution in [0.25, 0.3) is 0 Å². The summed E-state index contributed by atoms with van der Waals surface area (Å²) < 4.78 is 0. The fraction of sp³-hybridized carbons (Fsp3) is 0.471. The van der Waals surface area contributed by atoms with Crippen LogP contribution in [0.3, 0.4) is 0 Å². The molecule has 0 aromatic heterocycles. The first-order chi connectivity index (χ1) is 10.2. The lowest BCUT2D eigenvalue weighted by Gasteiger charge is -2.37. The summed E-state index contributed by atoms with van der Waals surface area (Å²) in [6, 6.07) is 7.28. The van der Waals surface area contributed by atoms with Crippen molar-refractivity contribution in [2.75, 3.05) is 31.1 Å². The van der Waals surface area contributed by atoms with E-state index in [2.05, 4.69) is 17.1 Å². The van der Waals surface area contributed by atoms with Gasteiger partial charge in [-0.25, -0.2) is 0 Å². The van der Waals surface area contributed by atoms with Crippen molar-refractivity contribution < 1.29 is 9.90 Å². The highest BCUT2D eigenvalue weighted by Crippen LogP contribution is 2.23. The molecule has 1 fully saturated rings. The number of carbonyl (C=O) groups is 1. The lowest BCUT2D eigenvalue weighted by Crippen LogP contribution is -2.50. The van der Waals surface area contributed by atoms with E-state index in [1.54, 1.807) is 12.1 Å². The lowest BCUT2D eigenvalue weighted by atomic mass is 9.93. The molecule has 1 amide bonds. The van der Waals surface area contributed by atoms with E-state index >= 15 is 0 Å². The smallest absolute Gasteiger partial charge is 0.226 e. The van der Waals surface area contributed by atoms with Crippen molar-refractivity contribution in [3.63, 3.8) is 0 Å². The number of carbonyl (C=O) groups excluding carboxylic acids is 1. The zero-order valence-corrected chi connectivity index (χ0v) is 12.2. The summed E-state index contributed by atoms with van der Waals surface area (Å²) in [5.74, 6) is 0.804. The Kier molecular flexibility index (Phi) is 4.13. The van der Waals surface area contributed by atoms with Crippen molar-refractivity contribution >= 4 is 11.6 Å². The van der Waals surface area contributed by atoms with Gasteiger partial charge in [0.2, 0.25) is 5.91 Å². The SMILES string of the molecule is O=C(C1CC=CCC1)N1CCN(c2ccc(O)cc2)CC1. The Bertz CT molecular complexity index is 516. The molecule has 4 heteroatoms. The van der Waals surface area contributed by atoms with E-state index in [0.29, 0.717) is 5.91 Å². The van der Waals surface area contributed by atoms with Crippen molar-refractivity contribution in [1.29, 1.82) is 0 Å². The molecule has 1 atom stereocenters. The van der Waals surface area contributed by atoms with Gasteiger partial charge < -0.3 is 14.9 Å². The third-order valence-corrected chi connectivity index (χ3v) is 4.42. The normalized spacial score (nSPS) is 22.4. The van der Waals surface area contributed by atoms with Crippen molar-refractivity contribution in [1.82, 2.24) is 4.90 Å². The average molecular weight is 286 g/mol. The summed E-state index contributed by atoms with van der Waals surface area (Å²) >= 11 is 0. The van der Waals surface area contributed by atoms with Crippen LogP contribution in [0.15, 0.2) is 36.4 Å². The molecule has 0 spiro atoms. The van der Waals surface area contributed by atoms with Crippen LogP contribution >= 0.6 is 0 Å². The van der Waals surface area contributed by atoms with Crippen LogP contribution < -0.4 is 4.90 Å². The number of anilines is 1. The molecule has 0 radical (unpaired) electrons. The molecule has 1 saturated heterocycles. The van der Waals surface area contributed by atoms with Crippen molar-refractivity contribution in [2.24, 2.45) is 5.92 Å². The van der Waals surface area contributed by atoms with Crippen LogP contribution in [0.4, 0.5) is 5.69 Å². The van der Waals surface area contributed by atoms with Crippen molar-refractivity contribution in [3.05, 3.63) is 36.4 Å². The number of nitrogens with zero attached hydrogens (tertiary/aromatic N) is 2. The number of hydrogen-bond donors (Lipinski definition) is 1. The molecule has 1 aromatic carbocycles. The second-order valence-corrected chi connectivity index (χ2v) is 5.81. The zero-order valence-electron chi connectivity index (χ0n) is 12.2. The first-order valence-corrected chi connectivity index (χ1v) is 7.72. The highest BCUT2D eigenvalue weighted by molar-refractivity contribution is 5.79. The number of allylic oxidation sites excluding steroid dienone is 2. The maximum absolute atomic E-state index is 12.5. The van der Waals surface area contributed by atoms with Crippen LogP contribution in [-0.4, -0.2) is 42.1 Å². The molecule has 0 saturated carbocycles. The first kappa shape index (κ1) is 14.0. The van der Waals surface area contributed by atoms with Gasteiger partial charge in [-0.05, 0) is 43.5 Å². The Hall–Kier alpha value is -1.97. The monoisotopic (exact) mass is 286 g/mol. The number of phenolic OH excluding ortho intramolecular Hbond substituents is 1. The minimum atomic E-state index is 0.190. The Labute approximate surface area is 125 Å². The Morgan fingerprint density at radius 1 is 1.05 bits per heavy atom. The van der Waals surface area contributed by atoms with E-state index in [4.69, 9.17) is 0 Å². The lowest BCUT2D eigenvalue weighted by molar-refractivity contribution is -0.136. The average Bonchev–Trinajstić information content (AvgIpc) is 2.56. The van der Waals surface area contributed by atoms with Gasteiger partial charge in [0.1, 0.15) is 5.75 Å².